The lowest BCUT2D eigenvalue weighted by Gasteiger charge is -2.26. The first kappa shape index (κ1) is 16.1. The molecule has 1 aliphatic rings. The molecular weight excluding hydrogens is 334 g/mol. The summed E-state index contributed by atoms with van der Waals surface area (Å²) < 4.78 is 7.55. The predicted octanol–water partition coefficient (Wildman–Crippen LogP) is 4.19. The lowest BCUT2D eigenvalue weighted by atomic mass is 10.1. The zero-order valence-corrected chi connectivity index (χ0v) is 15.0. The van der Waals surface area contributed by atoms with Crippen LogP contribution in [-0.2, 0) is 4.79 Å². The van der Waals surface area contributed by atoms with Gasteiger partial charge in [0.25, 0.3) is 0 Å². The topological polar surface area (TPSA) is 51.3 Å². The molecule has 4 heterocycles. The van der Waals surface area contributed by atoms with Crippen molar-refractivity contribution in [2.24, 2.45) is 0 Å². The summed E-state index contributed by atoms with van der Waals surface area (Å²) in [5.41, 5.74) is 0.859. The van der Waals surface area contributed by atoms with Crippen molar-refractivity contribution in [1.82, 2.24) is 14.6 Å². The van der Waals surface area contributed by atoms with Gasteiger partial charge in [0.1, 0.15) is 0 Å². The first-order valence-corrected chi connectivity index (χ1v) is 9.49. The summed E-state index contributed by atoms with van der Waals surface area (Å²) >= 11 is 1.69. The first-order chi connectivity index (χ1) is 12.2. The molecule has 5 nitrogen and oxygen atoms in total. The molecule has 1 amide bonds. The van der Waals surface area contributed by atoms with Gasteiger partial charge in [-0.1, -0.05) is 11.2 Å². The minimum absolute atomic E-state index is 0.0161. The third-order valence-electron chi connectivity index (χ3n) is 4.77. The second-order valence-corrected chi connectivity index (χ2v) is 7.46. The summed E-state index contributed by atoms with van der Waals surface area (Å²) in [4.78, 5) is 16.3. The number of aromatic nitrogens is 2. The summed E-state index contributed by atoms with van der Waals surface area (Å²) in [6.45, 7) is 2.69. The number of nitrogens with zero attached hydrogens (tertiary/aromatic N) is 3. The van der Waals surface area contributed by atoms with E-state index in [1.165, 1.54) is 4.88 Å². The van der Waals surface area contributed by atoms with Gasteiger partial charge >= 0.3 is 0 Å². The number of thiophene rings is 1. The van der Waals surface area contributed by atoms with E-state index >= 15 is 0 Å². The smallest absolute Gasteiger partial charge is 0.225 e. The molecule has 0 saturated carbocycles. The van der Waals surface area contributed by atoms with Crippen LogP contribution in [-0.4, -0.2) is 27.1 Å². The van der Waals surface area contributed by atoms with E-state index in [4.69, 9.17) is 4.52 Å². The largest absolute Gasteiger partial charge is 0.359 e. The van der Waals surface area contributed by atoms with Gasteiger partial charge in [0, 0.05) is 29.9 Å². The molecule has 0 bridgehead atoms. The average molecular weight is 355 g/mol. The molecule has 3 aromatic rings. The number of rotatable bonds is 5. The maximum Gasteiger partial charge on any atom is 0.225 e. The molecule has 2 atom stereocenters. The first-order valence-electron chi connectivity index (χ1n) is 8.61. The van der Waals surface area contributed by atoms with E-state index in [9.17, 15) is 4.79 Å². The summed E-state index contributed by atoms with van der Waals surface area (Å²) in [6, 6.07) is 10.1. The molecule has 1 saturated heterocycles. The predicted molar refractivity (Wildman–Crippen MR) is 96.4 cm³/mol. The summed E-state index contributed by atoms with van der Waals surface area (Å²) in [5.74, 6) is 0.973. The number of hydrogen-bond donors (Lipinski definition) is 0. The van der Waals surface area contributed by atoms with Crippen molar-refractivity contribution >= 4 is 17.2 Å². The highest BCUT2D eigenvalue weighted by Crippen LogP contribution is 2.35. The average Bonchev–Trinajstić information content (AvgIpc) is 3.39. The fraction of sp³-hybridized carbons (Fsp3) is 0.368. The van der Waals surface area contributed by atoms with E-state index in [2.05, 4.69) is 21.2 Å². The fourth-order valence-electron chi connectivity index (χ4n) is 3.57. The summed E-state index contributed by atoms with van der Waals surface area (Å²) in [6.07, 6.45) is 6.45. The van der Waals surface area contributed by atoms with E-state index in [1.807, 2.05) is 48.5 Å². The van der Waals surface area contributed by atoms with Gasteiger partial charge in [-0.3, -0.25) is 4.79 Å². The Morgan fingerprint density at radius 1 is 1.40 bits per heavy atom. The number of likely N-dealkylation sites (tertiary alicyclic amines) is 1. The van der Waals surface area contributed by atoms with Gasteiger partial charge in [-0.05, 0) is 43.3 Å². The number of aryl methyl sites for hydroxylation is 1. The molecule has 3 aromatic heterocycles. The van der Waals surface area contributed by atoms with E-state index in [-0.39, 0.29) is 18.0 Å². The van der Waals surface area contributed by atoms with E-state index in [0.29, 0.717) is 6.42 Å². The van der Waals surface area contributed by atoms with Gasteiger partial charge in [0.05, 0.1) is 24.2 Å². The van der Waals surface area contributed by atoms with Crippen molar-refractivity contribution in [3.63, 3.8) is 0 Å². The van der Waals surface area contributed by atoms with Crippen molar-refractivity contribution in [1.29, 1.82) is 0 Å². The highest BCUT2D eigenvalue weighted by molar-refractivity contribution is 7.10. The molecule has 2 unspecified atom stereocenters. The SMILES string of the molecule is Cc1cc(C2CCCN2C(=O)CC(c2cccs2)n2cccc2)on1. The molecule has 1 fully saturated rings. The second-order valence-electron chi connectivity index (χ2n) is 6.48. The Bertz CT molecular complexity index is 789. The van der Waals surface area contributed by atoms with Crippen LogP contribution < -0.4 is 0 Å². The van der Waals surface area contributed by atoms with Gasteiger partial charge in [0.15, 0.2) is 5.76 Å². The zero-order valence-electron chi connectivity index (χ0n) is 14.2. The van der Waals surface area contributed by atoms with E-state index in [0.717, 1.165) is 30.8 Å². The van der Waals surface area contributed by atoms with Gasteiger partial charge < -0.3 is 14.0 Å². The van der Waals surface area contributed by atoms with Crippen molar-refractivity contribution in [2.45, 2.75) is 38.3 Å². The normalized spacial score (nSPS) is 18.6. The molecule has 4 rings (SSSR count). The molecule has 0 aliphatic carbocycles. The second kappa shape index (κ2) is 6.88. The number of carbonyl (C=O) groups excluding carboxylic acids is 1. The Morgan fingerprint density at radius 3 is 2.92 bits per heavy atom. The van der Waals surface area contributed by atoms with Crippen LogP contribution in [0.15, 0.2) is 52.6 Å². The minimum atomic E-state index is 0.0161. The molecule has 0 aromatic carbocycles. The quantitative estimate of drug-likeness (QED) is 0.689. The molecule has 1 aliphatic heterocycles. The van der Waals surface area contributed by atoms with E-state index < -0.39 is 0 Å². The molecule has 0 radical (unpaired) electrons. The van der Waals surface area contributed by atoms with Crippen LogP contribution in [0.3, 0.4) is 0 Å². The van der Waals surface area contributed by atoms with Crippen molar-refractivity contribution in [3.8, 4) is 0 Å². The van der Waals surface area contributed by atoms with Crippen LogP contribution in [0.5, 0.6) is 0 Å². The highest BCUT2D eigenvalue weighted by atomic mass is 32.1. The van der Waals surface area contributed by atoms with Crippen LogP contribution in [0.2, 0.25) is 0 Å². The maximum atomic E-state index is 13.1. The monoisotopic (exact) mass is 355 g/mol. The van der Waals surface area contributed by atoms with Crippen LogP contribution in [0.1, 0.15) is 47.7 Å². The van der Waals surface area contributed by atoms with E-state index in [1.54, 1.807) is 11.3 Å². The fourth-order valence-corrected chi connectivity index (χ4v) is 4.41. The van der Waals surface area contributed by atoms with Crippen molar-refractivity contribution < 1.29 is 9.32 Å². The lowest BCUT2D eigenvalue weighted by molar-refractivity contribution is -0.133. The third kappa shape index (κ3) is 3.26. The standard InChI is InChI=1S/C19H21N3O2S/c1-14-12-17(24-20-14)15-6-4-10-22(15)19(23)13-16(18-7-5-11-25-18)21-8-2-3-9-21/h2-3,5,7-9,11-12,15-16H,4,6,10,13H2,1H3. The number of hydrogen-bond acceptors (Lipinski definition) is 4. The summed E-state index contributed by atoms with van der Waals surface area (Å²) in [7, 11) is 0. The van der Waals surface area contributed by atoms with Crippen molar-refractivity contribution in [2.75, 3.05) is 6.54 Å². The van der Waals surface area contributed by atoms with Crippen LogP contribution in [0.4, 0.5) is 0 Å². The molecule has 0 spiro atoms. The highest BCUT2D eigenvalue weighted by Gasteiger charge is 2.34. The Morgan fingerprint density at radius 2 is 2.24 bits per heavy atom. The van der Waals surface area contributed by atoms with Gasteiger partial charge in [0.2, 0.25) is 5.91 Å². The Kier molecular flexibility index (Phi) is 4.44. The Labute approximate surface area is 150 Å². The van der Waals surface area contributed by atoms with Crippen LogP contribution in [0, 0.1) is 6.92 Å². The zero-order chi connectivity index (χ0) is 17.2. The molecule has 25 heavy (non-hydrogen) atoms. The Balaban J connectivity index is 1.55. The molecule has 0 N–H and O–H groups in total. The van der Waals surface area contributed by atoms with Crippen molar-refractivity contribution in [3.05, 3.63) is 64.4 Å². The minimum Gasteiger partial charge on any atom is -0.359 e. The number of carbonyl (C=O) groups is 1. The summed E-state index contributed by atoms with van der Waals surface area (Å²) in [5, 5.41) is 6.04. The van der Waals surface area contributed by atoms with Gasteiger partial charge in [-0.25, -0.2) is 0 Å². The lowest BCUT2D eigenvalue weighted by Crippen LogP contribution is -2.32. The van der Waals surface area contributed by atoms with Crippen LogP contribution in [0.25, 0.3) is 0 Å². The molecule has 6 heteroatoms. The number of amides is 1. The van der Waals surface area contributed by atoms with Crippen LogP contribution >= 0.6 is 11.3 Å². The molecular formula is C19H21N3O2S. The maximum absolute atomic E-state index is 13.1. The molecule has 130 valence electrons. The van der Waals surface area contributed by atoms with Gasteiger partial charge in [-0.15, -0.1) is 11.3 Å². The van der Waals surface area contributed by atoms with Gasteiger partial charge in [-0.2, -0.15) is 0 Å². The Hall–Kier alpha value is -2.34. The third-order valence-corrected chi connectivity index (χ3v) is 5.75.